The minimum absolute atomic E-state index is 0.0984. The molecule has 23 heavy (non-hydrogen) atoms. The summed E-state index contributed by atoms with van der Waals surface area (Å²) in [5, 5.41) is 6.38. The number of anilines is 1. The molecule has 3 rings (SSSR count). The van der Waals surface area contributed by atoms with Gasteiger partial charge in [-0.15, -0.1) is 0 Å². The van der Waals surface area contributed by atoms with E-state index in [9.17, 15) is 14.0 Å². The first kappa shape index (κ1) is 15.2. The molecule has 1 aromatic heterocycles. The van der Waals surface area contributed by atoms with Gasteiger partial charge in [0.05, 0.1) is 12.0 Å². The molecular formula is C16H16FN3O3. The summed E-state index contributed by atoms with van der Waals surface area (Å²) in [4.78, 5) is 26.1. The van der Waals surface area contributed by atoms with Crippen LogP contribution in [0.1, 0.15) is 23.8 Å². The zero-order valence-electron chi connectivity index (χ0n) is 12.7. The largest absolute Gasteiger partial charge is 0.360 e. The minimum Gasteiger partial charge on any atom is -0.360 e. The molecule has 2 heterocycles. The normalized spacial score (nSPS) is 20.8. The van der Waals surface area contributed by atoms with Gasteiger partial charge in [-0.25, -0.2) is 4.39 Å². The average Bonchev–Trinajstić information content (AvgIpc) is 3.05. The highest BCUT2D eigenvalue weighted by Crippen LogP contribution is 2.37. The molecule has 0 unspecified atom stereocenters. The summed E-state index contributed by atoms with van der Waals surface area (Å²) in [7, 11) is 1.64. The topological polar surface area (TPSA) is 75.4 Å². The Morgan fingerprint density at radius 3 is 2.70 bits per heavy atom. The molecule has 120 valence electrons. The maximum absolute atomic E-state index is 13.1. The first-order valence-corrected chi connectivity index (χ1v) is 7.21. The maximum atomic E-state index is 13.1. The van der Waals surface area contributed by atoms with Crippen LogP contribution in [0.4, 0.5) is 10.2 Å². The van der Waals surface area contributed by atoms with E-state index in [0.717, 1.165) is 5.56 Å². The molecule has 6 nitrogen and oxygen atoms in total. The van der Waals surface area contributed by atoms with Gasteiger partial charge in [0.1, 0.15) is 11.6 Å². The van der Waals surface area contributed by atoms with Crippen molar-refractivity contribution in [3.63, 3.8) is 0 Å². The van der Waals surface area contributed by atoms with Crippen molar-refractivity contribution in [2.24, 2.45) is 5.92 Å². The molecule has 0 spiro atoms. The number of likely N-dealkylation sites (tertiary alicyclic amines) is 1. The molecule has 0 radical (unpaired) electrons. The van der Waals surface area contributed by atoms with E-state index in [1.54, 1.807) is 32.2 Å². The Bertz CT molecular complexity index is 741. The second-order valence-electron chi connectivity index (χ2n) is 5.62. The van der Waals surface area contributed by atoms with Crippen molar-refractivity contribution < 1.29 is 18.5 Å². The van der Waals surface area contributed by atoms with Crippen molar-refractivity contribution in [1.82, 2.24) is 10.1 Å². The number of carbonyl (C=O) groups is 2. The monoisotopic (exact) mass is 317 g/mol. The highest BCUT2D eigenvalue weighted by atomic mass is 19.1. The van der Waals surface area contributed by atoms with E-state index in [4.69, 9.17) is 4.52 Å². The summed E-state index contributed by atoms with van der Waals surface area (Å²) in [6.07, 6.45) is 0.0984. The molecule has 2 amide bonds. The SMILES string of the molecule is Cc1cc(NC(=O)[C@@H]2CC(=O)N(C)[C@H]2c2ccc(F)cc2)no1. The molecule has 7 heteroatoms. The molecule has 1 fully saturated rings. The third-order valence-electron chi connectivity index (χ3n) is 4.01. The lowest BCUT2D eigenvalue weighted by Gasteiger charge is -2.24. The second kappa shape index (κ2) is 5.83. The Morgan fingerprint density at radius 2 is 2.09 bits per heavy atom. The van der Waals surface area contributed by atoms with Crippen molar-refractivity contribution in [1.29, 1.82) is 0 Å². The fourth-order valence-corrected chi connectivity index (χ4v) is 2.86. The van der Waals surface area contributed by atoms with Crippen molar-refractivity contribution in [3.8, 4) is 0 Å². The van der Waals surface area contributed by atoms with Crippen molar-refractivity contribution in [2.45, 2.75) is 19.4 Å². The van der Waals surface area contributed by atoms with Crippen molar-refractivity contribution in [2.75, 3.05) is 12.4 Å². The van der Waals surface area contributed by atoms with Crippen LogP contribution in [0.15, 0.2) is 34.9 Å². The van der Waals surface area contributed by atoms with Crippen LogP contribution in [-0.2, 0) is 9.59 Å². The summed E-state index contributed by atoms with van der Waals surface area (Å²) in [6.45, 7) is 1.72. The lowest BCUT2D eigenvalue weighted by Crippen LogP contribution is -2.30. The van der Waals surface area contributed by atoms with Gasteiger partial charge in [-0.2, -0.15) is 0 Å². The summed E-state index contributed by atoms with van der Waals surface area (Å²) in [5.41, 5.74) is 0.719. The lowest BCUT2D eigenvalue weighted by atomic mass is 9.93. The zero-order valence-corrected chi connectivity index (χ0v) is 12.7. The molecule has 0 bridgehead atoms. The summed E-state index contributed by atoms with van der Waals surface area (Å²) in [6, 6.07) is 7.00. The fraction of sp³-hybridized carbons (Fsp3) is 0.312. The molecule has 1 aliphatic heterocycles. The Kier molecular flexibility index (Phi) is 3.85. The van der Waals surface area contributed by atoms with E-state index >= 15 is 0 Å². The first-order chi connectivity index (χ1) is 11.0. The van der Waals surface area contributed by atoms with E-state index in [0.29, 0.717) is 11.6 Å². The van der Waals surface area contributed by atoms with Gasteiger partial charge in [0.15, 0.2) is 5.82 Å². The number of hydrogen-bond donors (Lipinski definition) is 1. The second-order valence-corrected chi connectivity index (χ2v) is 5.62. The number of hydrogen-bond acceptors (Lipinski definition) is 4. The van der Waals surface area contributed by atoms with Gasteiger partial charge >= 0.3 is 0 Å². The number of amides is 2. The van der Waals surface area contributed by atoms with Gasteiger partial charge in [0.2, 0.25) is 11.8 Å². The van der Waals surface area contributed by atoms with Crippen LogP contribution in [-0.4, -0.2) is 28.9 Å². The van der Waals surface area contributed by atoms with Crippen LogP contribution in [0.5, 0.6) is 0 Å². The number of nitrogens with one attached hydrogen (secondary N) is 1. The number of aromatic nitrogens is 1. The smallest absolute Gasteiger partial charge is 0.231 e. The zero-order chi connectivity index (χ0) is 16.6. The van der Waals surface area contributed by atoms with E-state index in [-0.39, 0.29) is 24.1 Å². The summed E-state index contributed by atoms with van der Waals surface area (Å²) in [5.74, 6) is -0.488. The lowest BCUT2D eigenvalue weighted by molar-refractivity contribution is -0.127. The molecule has 2 atom stereocenters. The minimum atomic E-state index is -0.574. The molecule has 1 saturated heterocycles. The standard InChI is InChI=1S/C16H16FN3O3/c1-9-7-13(19-23-9)18-16(22)12-8-14(21)20(2)15(12)10-3-5-11(17)6-4-10/h3-7,12,15H,8H2,1-2H3,(H,18,19,22)/t12-,15+/m1/s1. The number of rotatable bonds is 3. The van der Waals surface area contributed by atoms with E-state index < -0.39 is 12.0 Å². The summed E-state index contributed by atoms with van der Waals surface area (Å²) >= 11 is 0. The molecular weight excluding hydrogens is 301 g/mol. The maximum Gasteiger partial charge on any atom is 0.231 e. The predicted molar refractivity (Wildman–Crippen MR) is 79.9 cm³/mol. The van der Waals surface area contributed by atoms with Crippen molar-refractivity contribution >= 4 is 17.6 Å². The third-order valence-corrected chi connectivity index (χ3v) is 4.01. The van der Waals surface area contributed by atoms with Crippen LogP contribution in [0.3, 0.4) is 0 Å². The van der Waals surface area contributed by atoms with Crippen LogP contribution in [0.2, 0.25) is 0 Å². The van der Waals surface area contributed by atoms with Gasteiger partial charge in [-0.05, 0) is 24.6 Å². The third kappa shape index (κ3) is 2.94. The number of aryl methyl sites for hydroxylation is 1. The summed E-state index contributed by atoms with van der Waals surface area (Å²) < 4.78 is 18.0. The van der Waals surface area contributed by atoms with E-state index in [2.05, 4.69) is 10.5 Å². The van der Waals surface area contributed by atoms with Crippen LogP contribution in [0.25, 0.3) is 0 Å². The van der Waals surface area contributed by atoms with E-state index in [1.807, 2.05) is 0 Å². The van der Waals surface area contributed by atoms with Gasteiger partial charge in [0, 0.05) is 19.5 Å². The first-order valence-electron chi connectivity index (χ1n) is 7.21. The molecule has 0 aliphatic carbocycles. The van der Waals surface area contributed by atoms with Gasteiger partial charge in [-0.3, -0.25) is 9.59 Å². The molecule has 1 aromatic carbocycles. The highest BCUT2D eigenvalue weighted by Gasteiger charge is 2.42. The Balaban J connectivity index is 1.85. The van der Waals surface area contributed by atoms with Gasteiger partial charge in [0.25, 0.3) is 0 Å². The highest BCUT2D eigenvalue weighted by molar-refractivity contribution is 5.97. The van der Waals surface area contributed by atoms with Crippen LogP contribution >= 0.6 is 0 Å². The Hall–Kier alpha value is -2.70. The van der Waals surface area contributed by atoms with Crippen LogP contribution < -0.4 is 5.32 Å². The number of benzene rings is 1. The molecule has 1 aliphatic rings. The quantitative estimate of drug-likeness (QED) is 0.942. The van der Waals surface area contributed by atoms with Gasteiger partial charge < -0.3 is 14.7 Å². The average molecular weight is 317 g/mol. The number of halogens is 1. The molecule has 0 saturated carbocycles. The number of nitrogens with zero attached hydrogens (tertiary/aromatic N) is 2. The van der Waals surface area contributed by atoms with E-state index in [1.165, 1.54) is 17.0 Å². The Labute approximate surface area is 132 Å². The molecule has 2 aromatic rings. The Morgan fingerprint density at radius 1 is 1.39 bits per heavy atom. The van der Waals surface area contributed by atoms with Crippen LogP contribution in [0, 0.1) is 18.7 Å². The fourth-order valence-electron chi connectivity index (χ4n) is 2.86. The number of carbonyl (C=O) groups excluding carboxylic acids is 2. The van der Waals surface area contributed by atoms with Gasteiger partial charge in [-0.1, -0.05) is 17.3 Å². The predicted octanol–water partition coefficient (Wildman–Crippen LogP) is 2.28. The molecule has 1 N–H and O–H groups in total. The van der Waals surface area contributed by atoms with Crippen molar-refractivity contribution in [3.05, 3.63) is 47.5 Å².